The number of hydrogen-bond donors (Lipinski definition) is 1. The van der Waals surface area contributed by atoms with Crippen LogP contribution in [-0.4, -0.2) is 65.8 Å². The van der Waals surface area contributed by atoms with E-state index >= 15 is 0 Å². The van der Waals surface area contributed by atoms with Gasteiger partial charge in [-0.3, -0.25) is 9.69 Å². The Hall–Kier alpha value is -2.64. The number of rotatable bonds is 10. The Balaban J connectivity index is 1.15. The van der Waals surface area contributed by atoms with E-state index in [0.717, 1.165) is 51.3 Å². The Morgan fingerprint density at radius 2 is 1.76 bits per heavy atom. The van der Waals surface area contributed by atoms with E-state index in [1.165, 1.54) is 11.6 Å². The second-order valence-electron chi connectivity index (χ2n) is 9.05. The third kappa shape index (κ3) is 6.68. The summed E-state index contributed by atoms with van der Waals surface area (Å²) in [7, 11) is 0. The van der Waals surface area contributed by atoms with Crippen LogP contribution in [0.4, 0.5) is 4.39 Å². The highest BCUT2D eigenvalue weighted by molar-refractivity contribution is 5.77. The number of para-hydroxylation sites is 1. The molecule has 7 heteroatoms. The molecule has 2 aliphatic heterocycles. The number of amides is 1. The highest BCUT2D eigenvalue weighted by atomic mass is 19.1. The van der Waals surface area contributed by atoms with Crippen molar-refractivity contribution in [3.05, 3.63) is 59.9 Å². The molecule has 0 atom stereocenters. The summed E-state index contributed by atoms with van der Waals surface area (Å²) in [4.78, 5) is 15.8. The third-order valence-electron chi connectivity index (χ3n) is 6.46. The molecule has 2 fully saturated rings. The number of benzene rings is 2. The van der Waals surface area contributed by atoms with Crippen LogP contribution in [-0.2, 0) is 11.3 Å². The number of piperidine rings is 1. The van der Waals surface area contributed by atoms with E-state index in [1.807, 2.05) is 17.0 Å². The topological polar surface area (TPSA) is 62.2 Å². The molecule has 0 aromatic heterocycles. The van der Waals surface area contributed by atoms with Gasteiger partial charge in [0.05, 0.1) is 6.61 Å². The molecule has 0 bridgehead atoms. The van der Waals surface area contributed by atoms with Gasteiger partial charge in [-0.25, -0.2) is 4.39 Å². The molecule has 2 aromatic carbocycles. The van der Waals surface area contributed by atoms with Crippen molar-refractivity contribution >= 4 is 5.91 Å². The van der Waals surface area contributed by atoms with Gasteiger partial charge in [-0.2, -0.15) is 0 Å². The fraction of sp³-hybridized carbons (Fsp3) is 0.500. The highest BCUT2D eigenvalue weighted by Crippen LogP contribution is 2.26. The summed E-state index contributed by atoms with van der Waals surface area (Å²) < 4.78 is 25.1. The lowest BCUT2D eigenvalue weighted by Gasteiger charge is -2.38. The average molecular weight is 457 g/mol. The van der Waals surface area contributed by atoms with E-state index in [1.54, 1.807) is 18.2 Å². The first-order chi connectivity index (χ1) is 16.0. The molecular formula is C26H33FN2O4. The van der Waals surface area contributed by atoms with E-state index in [9.17, 15) is 14.3 Å². The zero-order valence-corrected chi connectivity index (χ0v) is 19.0. The number of hydrogen-bond acceptors (Lipinski definition) is 5. The van der Waals surface area contributed by atoms with Crippen LogP contribution < -0.4 is 9.47 Å². The largest absolute Gasteiger partial charge is 0.494 e. The van der Waals surface area contributed by atoms with E-state index < -0.39 is 11.4 Å². The fourth-order valence-electron chi connectivity index (χ4n) is 4.38. The fourth-order valence-corrected chi connectivity index (χ4v) is 4.38. The van der Waals surface area contributed by atoms with E-state index in [4.69, 9.17) is 9.47 Å². The van der Waals surface area contributed by atoms with Gasteiger partial charge in [-0.1, -0.05) is 24.3 Å². The van der Waals surface area contributed by atoms with Crippen molar-refractivity contribution in [1.82, 2.24) is 9.80 Å². The summed E-state index contributed by atoms with van der Waals surface area (Å²) >= 11 is 0. The van der Waals surface area contributed by atoms with Crippen LogP contribution in [0, 0.1) is 5.82 Å². The highest BCUT2D eigenvalue weighted by Gasteiger charge is 2.33. The predicted molar refractivity (Wildman–Crippen MR) is 124 cm³/mol. The van der Waals surface area contributed by atoms with Gasteiger partial charge >= 0.3 is 0 Å². The predicted octanol–water partition coefficient (Wildman–Crippen LogP) is 3.62. The maximum Gasteiger partial charge on any atom is 0.222 e. The molecule has 2 saturated heterocycles. The summed E-state index contributed by atoms with van der Waals surface area (Å²) in [5, 5.41) is 10.8. The monoisotopic (exact) mass is 456 g/mol. The number of likely N-dealkylation sites (tertiary alicyclic amines) is 2. The summed E-state index contributed by atoms with van der Waals surface area (Å²) in [6.07, 6.45) is 3.66. The molecule has 2 heterocycles. The van der Waals surface area contributed by atoms with Crippen molar-refractivity contribution in [3.63, 3.8) is 0 Å². The van der Waals surface area contributed by atoms with E-state index in [2.05, 4.69) is 17.0 Å². The van der Waals surface area contributed by atoms with E-state index in [-0.39, 0.29) is 18.3 Å². The lowest BCUT2D eigenvalue weighted by molar-refractivity contribution is -0.127. The summed E-state index contributed by atoms with van der Waals surface area (Å²) in [6, 6.07) is 14.4. The van der Waals surface area contributed by atoms with Crippen LogP contribution in [0.15, 0.2) is 48.5 Å². The molecule has 33 heavy (non-hydrogen) atoms. The third-order valence-corrected chi connectivity index (χ3v) is 6.46. The molecule has 0 radical (unpaired) electrons. The van der Waals surface area contributed by atoms with Crippen molar-refractivity contribution in [1.29, 1.82) is 0 Å². The van der Waals surface area contributed by atoms with Crippen molar-refractivity contribution in [2.45, 2.75) is 44.2 Å². The molecule has 0 aliphatic carbocycles. The minimum absolute atomic E-state index is 0.0970. The van der Waals surface area contributed by atoms with Gasteiger partial charge in [-0.05, 0) is 55.5 Å². The van der Waals surface area contributed by atoms with E-state index in [0.29, 0.717) is 25.9 Å². The number of aliphatic hydroxyl groups is 1. The lowest BCUT2D eigenvalue weighted by Crippen LogP contribution is -2.47. The molecule has 6 nitrogen and oxygen atoms in total. The van der Waals surface area contributed by atoms with Crippen LogP contribution in [0.25, 0.3) is 0 Å². The Morgan fingerprint density at radius 3 is 2.45 bits per heavy atom. The molecule has 0 spiro atoms. The number of carbonyl (C=O) groups is 1. The van der Waals surface area contributed by atoms with Crippen molar-refractivity contribution in [2.24, 2.45) is 0 Å². The SMILES string of the molecule is O=C1CCCN1CCCOc1ccc(CN2CCC(O)(COc3ccccc3F)CC2)cc1. The molecule has 2 aromatic rings. The zero-order chi connectivity index (χ0) is 23.1. The standard InChI is InChI=1S/C26H33FN2O4/c27-23-5-1-2-6-24(23)33-20-26(31)12-16-28(17-13-26)19-21-8-10-22(11-9-21)32-18-4-15-29-14-3-7-25(29)30/h1-2,5-6,8-11,31H,3-4,7,12-20H2. The Bertz CT molecular complexity index is 913. The molecule has 1 amide bonds. The smallest absolute Gasteiger partial charge is 0.222 e. The lowest BCUT2D eigenvalue weighted by atomic mass is 9.92. The Morgan fingerprint density at radius 1 is 1.00 bits per heavy atom. The van der Waals surface area contributed by atoms with Crippen LogP contribution in [0.5, 0.6) is 11.5 Å². The molecule has 178 valence electrons. The average Bonchev–Trinajstić information content (AvgIpc) is 3.23. The first-order valence-electron chi connectivity index (χ1n) is 11.8. The Kier molecular flexibility index (Phi) is 7.83. The summed E-state index contributed by atoms with van der Waals surface area (Å²) in [5.41, 5.74) is 0.258. The van der Waals surface area contributed by atoms with Gasteiger partial charge in [0, 0.05) is 39.1 Å². The molecule has 2 aliphatic rings. The van der Waals surface area contributed by atoms with Crippen molar-refractivity contribution in [3.8, 4) is 11.5 Å². The van der Waals surface area contributed by atoms with Crippen LogP contribution in [0.2, 0.25) is 0 Å². The van der Waals surface area contributed by atoms with Crippen LogP contribution in [0.1, 0.15) is 37.7 Å². The molecule has 4 rings (SSSR count). The normalized spacial score (nSPS) is 18.5. The Labute approximate surface area is 194 Å². The van der Waals surface area contributed by atoms with Gasteiger partial charge < -0.3 is 19.5 Å². The maximum absolute atomic E-state index is 13.7. The van der Waals surface area contributed by atoms with Gasteiger partial charge in [0.1, 0.15) is 18.0 Å². The first kappa shape index (κ1) is 23.5. The van der Waals surface area contributed by atoms with Crippen LogP contribution >= 0.6 is 0 Å². The number of carbonyl (C=O) groups excluding carboxylic acids is 1. The molecule has 1 N–H and O–H groups in total. The quantitative estimate of drug-likeness (QED) is 0.554. The zero-order valence-electron chi connectivity index (χ0n) is 19.0. The summed E-state index contributed by atoms with van der Waals surface area (Å²) in [6.45, 7) is 4.66. The van der Waals surface area contributed by atoms with Gasteiger partial charge in [0.15, 0.2) is 11.6 Å². The minimum Gasteiger partial charge on any atom is -0.494 e. The van der Waals surface area contributed by atoms with Crippen molar-refractivity contribution in [2.75, 3.05) is 39.4 Å². The number of ether oxygens (including phenoxy) is 2. The molecule has 0 saturated carbocycles. The van der Waals surface area contributed by atoms with Crippen molar-refractivity contribution < 1.29 is 23.8 Å². The first-order valence-corrected chi connectivity index (χ1v) is 11.8. The second kappa shape index (κ2) is 11.0. The number of halogens is 1. The second-order valence-corrected chi connectivity index (χ2v) is 9.05. The maximum atomic E-state index is 13.7. The number of nitrogens with zero attached hydrogens (tertiary/aromatic N) is 2. The molecular weight excluding hydrogens is 423 g/mol. The molecule has 0 unspecified atom stereocenters. The van der Waals surface area contributed by atoms with Gasteiger partial charge in [0.25, 0.3) is 0 Å². The van der Waals surface area contributed by atoms with Crippen LogP contribution in [0.3, 0.4) is 0 Å². The minimum atomic E-state index is -0.934. The van der Waals surface area contributed by atoms with Gasteiger partial charge in [0.2, 0.25) is 5.91 Å². The van der Waals surface area contributed by atoms with Gasteiger partial charge in [-0.15, -0.1) is 0 Å². The summed E-state index contributed by atoms with van der Waals surface area (Å²) in [5.74, 6) is 0.866.